The van der Waals surface area contributed by atoms with Crippen LogP contribution in [0.4, 0.5) is 0 Å². The van der Waals surface area contributed by atoms with Crippen molar-refractivity contribution in [2.75, 3.05) is 27.4 Å². The minimum Gasteiger partial charge on any atom is -0.464 e. The molecule has 0 N–H and O–H groups in total. The minimum atomic E-state index is -0.667. The number of methoxy groups -OCH3 is 1. The standard InChI is InChI=1S/C21H22Cl2N2O5/c1-4-29-13-19(14-7-5-8-15(22)11-14)24-30-12-17-16(9-6-10-18(17)23)20(25-28-3)21(26)27-2/h5-11H,4,12-13H2,1-3H3/b24-19+,25-20+. The molecule has 2 aromatic rings. The molecule has 0 saturated carbocycles. The summed E-state index contributed by atoms with van der Waals surface area (Å²) in [7, 11) is 2.59. The number of halogens is 2. The maximum Gasteiger partial charge on any atom is 0.360 e. The van der Waals surface area contributed by atoms with Crippen LogP contribution in [0.15, 0.2) is 52.8 Å². The van der Waals surface area contributed by atoms with Crippen LogP contribution in [-0.2, 0) is 30.6 Å². The summed E-state index contributed by atoms with van der Waals surface area (Å²) in [5, 5.41) is 8.92. The normalized spacial score (nSPS) is 11.9. The fourth-order valence-electron chi connectivity index (χ4n) is 2.52. The fourth-order valence-corrected chi connectivity index (χ4v) is 2.93. The van der Waals surface area contributed by atoms with Crippen molar-refractivity contribution in [1.82, 2.24) is 0 Å². The Bertz CT molecular complexity index is 931. The number of carbonyl (C=O) groups is 1. The number of ether oxygens (including phenoxy) is 2. The van der Waals surface area contributed by atoms with Crippen molar-refractivity contribution in [3.8, 4) is 0 Å². The van der Waals surface area contributed by atoms with Crippen LogP contribution < -0.4 is 0 Å². The van der Waals surface area contributed by atoms with E-state index in [1.807, 2.05) is 19.1 Å². The Morgan fingerprint density at radius 3 is 2.50 bits per heavy atom. The van der Waals surface area contributed by atoms with Gasteiger partial charge < -0.3 is 19.1 Å². The number of benzene rings is 2. The van der Waals surface area contributed by atoms with Crippen molar-refractivity contribution in [2.24, 2.45) is 10.3 Å². The first-order valence-corrected chi connectivity index (χ1v) is 9.77. The average molecular weight is 453 g/mol. The second-order valence-corrected chi connectivity index (χ2v) is 6.68. The lowest BCUT2D eigenvalue weighted by Gasteiger charge is -2.12. The van der Waals surface area contributed by atoms with Crippen molar-refractivity contribution in [3.63, 3.8) is 0 Å². The highest BCUT2D eigenvalue weighted by atomic mass is 35.5. The third kappa shape index (κ3) is 6.45. The van der Waals surface area contributed by atoms with E-state index >= 15 is 0 Å². The van der Waals surface area contributed by atoms with Crippen LogP contribution in [0.2, 0.25) is 10.0 Å². The van der Waals surface area contributed by atoms with E-state index in [4.69, 9.17) is 42.4 Å². The molecule has 160 valence electrons. The van der Waals surface area contributed by atoms with E-state index in [1.54, 1.807) is 30.3 Å². The average Bonchev–Trinajstić information content (AvgIpc) is 2.75. The van der Waals surface area contributed by atoms with Crippen LogP contribution in [0, 0.1) is 0 Å². The number of oxime groups is 2. The summed E-state index contributed by atoms with van der Waals surface area (Å²) >= 11 is 12.4. The zero-order valence-electron chi connectivity index (χ0n) is 16.9. The van der Waals surface area contributed by atoms with Crippen molar-refractivity contribution in [2.45, 2.75) is 13.5 Å². The molecule has 0 aliphatic carbocycles. The molecule has 0 amide bonds. The van der Waals surface area contributed by atoms with Gasteiger partial charge >= 0.3 is 5.97 Å². The number of rotatable bonds is 10. The van der Waals surface area contributed by atoms with Crippen LogP contribution in [0.3, 0.4) is 0 Å². The summed E-state index contributed by atoms with van der Waals surface area (Å²) in [5.41, 5.74) is 2.22. The van der Waals surface area contributed by atoms with Gasteiger partial charge in [-0.3, -0.25) is 0 Å². The summed E-state index contributed by atoms with van der Waals surface area (Å²) in [5.74, 6) is -0.667. The third-order valence-corrected chi connectivity index (χ3v) is 4.51. The molecule has 0 saturated heterocycles. The van der Waals surface area contributed by atoms with Crippen LogP contribution in [-0.4, -0.2) is 44.8 Å². The van der Waals surface area contributed by atoms with Gasteiger partial charge in [-0.25, -0.2) is 4.79 Å². The van der Waals surface area contributed by atoms with Gasteiger partial charge in [0.15, 0.2) is 5.71 Å². The molecule has 30 heavy (non-hydrogen) atoms. The van der Waals surface area contributed by atoms with Crippen LogP contribution in [0.1, 0.15) is 23.6 Å². The van der Waals surface area contributed by atoms with Crippen molar-refractivity contribution in [1.29, 1.82) is 0 Å². The van der Waals surface area contributed by atoms with Gasteiger partial charge in [-0.15, -0.1) is 0 Å². The molecule has 2 aromatic carbocycles. The van der Waals surface area contributed by atoms with Crippen LogP contribution in [0.25, 0.3) is 0 Å². The Morgan fingerprint density at radius 2 is 1.83 bits per heavy atom. The molecule has 0 unspecified atom stereocenters. The summed E-state index contributed by atoms with van der Waals surface area (Å²) in [6.45, 7) is 2.62. The number of carbonyl (C=O) groups excluding carboxylic acids is 1. The lowest BCUT2D eigenvalue weighted by Crippen LogP contribution is -2.19. The first kappa shape index (κ1) is 23.7. The molecule has 7 nitrogen and oxygen atoms in total. The van der Waals surface area contributed by atoms with Gasteiger partial charge in [-0.05, 0) is 25.1 Å². The molecular weight excluding hydrogens is 431 g/mol. The quantitative estimate of drug-likeness (QED) is 0.301. The maximum absolute atomic E-state index is 12.1. The van der Waals surface area contributed by atoms with E-state index in [2.05, 4.69) is 10.3 Å². The fraction of sp³-hybridized carbons (Fsp3) is 0.286. The van der Waals surface area contributed by atoms with E-state index in [-0.39, 0.29) is 18.9 Å². The van der Waals surface area contributed by atoms with Crippen molar-refractivity contribution in [3.05, 3.63) is 69.2 Å². The molecule has 0 bridgehead atoms. The Balaban J connectivity index is 2.33. The zero-order valence-corrected chi connectivity index (χ0v) is 18.4. The predicted molar refractivity (Wildman–Crippen MR) is 116 cm³/mol. The summed E-state index contributed by atoms with van der Waals surface area (Å²) in [6.07, 6.45) is 0. The molecule has 0 aromatic heterocycles. The molecule has 0 aliphatic heterocycles. The van der Waals surface area contributed by atoms with E-state index < -0.39 is 5.97 Å². The van der Waals surface area contributed by atoms with E-state index in [0.717, 1.165) is 5.56 Å². The Labute approximate surface area is 185 Å². The Hall–Kier alpha value is -2.61. The van der Waals surface area contributed by atoms with Gasteiger partial charge in [0.05, 0.1) is 13.7 Å². The number of hydrogen-bond acceptors (Lipinski definition) is 7. The van der Waals surface area contributed by atoms with Crippen molar-refractivity contribution >= 4 is 40.6 Å². The highest BCUT2D eigenvalue weighted by Gasteiger charge is 2.21. The summed E-state index contributed by atoms with van der Waals surface area (Å²) in [6, 6.07) is 12.2. The molecule has 0 atom stereocenters. The molecular formula is C21H22Cl2N2O5. The van der Waals surface area contributed by atoms with Gasteiger partial charge in [0.2, 0.25) is 0 Å². The predicted octanol–water partition coefficient (Wildman–Crippen LogP) is 4.47. The molecule has 0 heterocycles. The first-order chi connectivity index (χ1) is 14.5. The monoisotopic (exact) mass is 452 g/mol. The smallest absolute Gasteiger partial charge is 0.360 e. The number of esters is 1. The third-order valence-electron chi connectivity index (χ3n) is 3.92. The molecule has 0 aliphatic rings. The minimum absolute atomic E-state index is 0.0229. The summed E-state index contributed by atoms with van der Waals surface area (Å²) < 4.78 is 10.3. The molecule has 2 rings (SSSR count). The maximum atomic E-state index is 12.1. The topological polar surface area (TPSA) is 78.7 Å². The second-order valence-electron chi connectivity index (χ2n) is 5.84. The largest absolute Gasteiger partial charge is 0.464 e. The van der Waals surface area contributed by atoms with E-state index in [1.165, 1.54) is 14.2 Å². The van der Waals surface area contributed by atoms with Gasteiger partial charge in [-0.1, -0.05) is 57.8 Å². The molecule has 0 radical (unpaired) electrons. The second kappa shape index (κ2) is 12.2. The van der Waals surface area contributed by atoms with Gasteiger partial charge in [0.1, 0.15) is 19.4 Å². The molecule has 0 fully saturated rings. The lowest BCUT2D eigenvalue weighted by molar-refractivity contribution is -0.132. The molecule has 0 spiro atoms. The SMILES string of the molecule is CCOC/C(=N\OCc1c(Cl)cccc1/C(=N\OC)C(=O)OC)c1cccc(Cl)c1. The Morgan fingerprint density at radius 1 is 1.07 bits per heavy atom. The highest BCUT2D eigenvalue weighted by molar-refractivity contribution is 6.44. The van der Waals surface area contributed by atoms with Crippen LogP contribution in [0.5, 0.6) is 0 Å². The van der Waals surface area contributed by atoms with E-state index in [9.17, 15) is 4.79 Å². The highest BCUT2D eigenvalue weighted by Crippen LogP contribution is 2.23. The van der Waals surface area contributed by atoms with E-state index in [0.29, 0.717) is 33.5 Å². The number of hydrogen-bond donors (Lipinski definition) is 0. The van der Waals surface area contributed by atoms with Crippen LogP contribution >= 0.6 is 23.2 Å². The van der Waals surface area contributed by atoms with Gasteiger partial charge in [0, 0.05) is 33.3 Å². The Kier molecular flexibility index (Phi) is 9.60. The zero-order chi connectivity index (χ0) is 21.9. The van der Waals surface area contributed by atoms with Gasteiger partial charge in [0.25, 0.3) is 0 Å². The molecule has 9 heteroatoms. The first-order valence-electron chi connectivity index (χ1n) is 9.01. The lowest BCUT2D eigenvalue weighted by atomic mass is 10.0. The summed E-state index contributed by atoms with van der Waals surface area (Å²) in [4.78, 5) is 22.5. The van der Waals surface area contributed by atoms with Gasteiger partial charge in [-0.2, -0.15) is 0 Å². The van der Waals surface area contributed by atoms with Crippen molar-refractivity contribution < 1.29 is 23.9 Å². The number of nitrogens with zero attached hydrogens (tertiary/aromatic N) is 2.